The first kappa shape index (κ1) is 18.6. The van der Waals surface area contributed by atoms with Crippen molar-refractivity contribution in [3.05, 3.63) is 34.7 Å². The molecule has 2 rings (SSSR count). The third-order valence-electron chi connectivity index (χ3n) is 3.54. The van der Waals surface area contributed by atoms with Crippen LogP contribution >= 0.6 is 11.8 Å². The molecule has 0 fully saturated rings. The highest BCUT2D eigenvalue weighted by Gasteiger charge is 2.38. The van der Waals surface area contributed by atoms with Crippen LogP contribution in [-0.4, -0.2) is 35.1 Å². The van der Waals surface area contributed by atoms with Crippen molar-refractivity contribution in [3.63, 3.8) is 0 Å². The Hall–Kier alpha value is -1.75. The number of carbonyl (C=O) groups excluding carboxylic acids is 2. The molecule has 0 spiro atoms. The lowest BCUT2D eigenvalue weighted by Crippen LogP contribution is -2.32. The zero-order chi connectivity index (χ0) is 17.7. The van der Waals surface area contributed by atoms with Gasteiger partial charge in [0.15, 0.2) is 0 Å². The van der Waals surface area contributed by atoms with Crippen molar-refractivity contribution in [2.45, 2.75) is 45.8 Å². The molecular weight excluding hydrogens is 322 g/mol. The summed E-state index contributed by atoms with van der Waals surface area (Å²) in [6.07, 6.45) is 1.70. The molecule has 2 amide bonds. The Morgan fingerprint density at radius 1 is 1.04 bits per heavy atom. The quantitative estimate of drug-likeness (QED) is 0.664. The van der Waals surface area contributed by atoms with E-state index in [1.54, 1.807) is 0 Å². The number of thioether (sulfide) groups is 1. The Bertz CT molecular complexity index is 635. The molecule has 0 unspecified atom stereocenters. The molecule has 0 aromatic heterocycles. The van der Waals surface area contributed by atoms with Crippen LogP contribution in [0.1, 0.15) is 46.1 Å². The Kier molecular flexibility index (Phi) is 6.49. The number of ether oxygens (including phenoxy) is 1. The van der Waals surface area contributed by atoms with E-state index in [9.17, 15) is 9.59 Å². The normalized spacial score (nSPS) is 15.0. The van der Waals surface area contributed by atoms with Gasteiger partial charge in [0.1, 0.15) is 5.75 Å². The third kappa shape index (κ3) is 4.01. The minimum Gasteiger partial charge on any atom is -0.494 e. The van der Waals surface area contributed by atoms with Crippen molar-refractivity contribution in [1.29, 1.82) is 0 Å². The van der Waals surface area contributed by atoms with E-state index in [1.807, 2.05) is 45.0 Å². The SMILES string of the molecule is CCCOc1ccc(C2=C(SC(C)C)C(=O)N(CCC)C2=O)cc1. The highest BCUT2D eigenvalue weighted by atomic mass is 32.2. The van der Waals surface area contributed by atoms with Gasteiger partial charge in [0.05, 0.1) is 17.1 Å². The lowest BCUT2D eigenvalue weighted by Gasteiger charge is -2.13. The largest absolute Gasteiger partial charge is 0.494 e. The van der Waals surface area contributed by atoms with Gasteiger partial charge in [-0.25, -0.2) is 0 Å². The number of rotatable bonds is 8. The topological polar surface area (TPSA) is 46.6 Å². The summed E-state index contributed by atoms with van der Waals surface area (Å²) in [5.41, 5.74) is 1.30. The van der Waals surface area contributed by atoms with Gasteiger partial charge < -0.3 is 4.74 Å². The molecule has 0 aliphatic carbocycles. The number of nitrogens with zero attached hydrogens (tertiary/aromatic N) is 1. The van der Waals surface area contributed by atoms with Crippen molar-refractivity contribution in [1.82, 2.24) is 4.90 Å². The molecule has 1 aliphatic heterocycles. The maximum Gasteiger partial charge on any atom is 0.267 e. The van der Waals surface area contributed by atoms with Crippen LogP contribution in [-0.2, 0) is 9.59 Å². The summed E-state index contributed by atoms with van der Waals surface area (Å²) < 4.78 is 5.59. The van der Waals surface area contributed by atoms with Crippen molar-refractivity contribution in [2.75, 3.05) is 13.2 Å². The molecule has 0 atom stereocenters. The summed E-state index contributed by atoms with van der Waals surface area (Å²) in [5, 5.41) is 0.237. The van der Waals surface area contributed by atoms with Gasteiger partial charge in [0.2, 0.25) is 0 Å². The zero-order valence-corrected chi connectivity index (χ0v) is 15.6. The first-order valence-corrected chi connectivity index (χ1v) is 9.37. The predicted molar refractivity (Wildman–Crippen MR) is 98.9 cm³/mol. The molecule has 1 heterocycles. The number of hydrogen-bond donors (Lipinski definition) is 0. The van der Waals surface area contributed by atoms with Crippen LogP contribution in [0, 0.1) is 0 Å². The Balaban J connectivity index is 2.36. The summed E-state index contributed by atoms with van der Waals surface area (Å²) >= 11 is 1.46. The second kappa shape index (κ2) is 8.38. The fourth-order valence-electron chi connectivity index (χ4n) is 2.52. The van der Waals surface area contributed by atoms with E-state index in [-0.39, 0.29) is 17.1 Å². The van der Waals surface area contributed by atoms with E-state index >= 15 is 0 Å². The molecular formula is C19H25NO3S. The van der Waals surface area contributed by atoms with Gasteiger partial charge in [-0.3, -0.25) is 14.5 Å². The van der Waals surface area contributed by atoms with Crippen LogP contribution < -0.4 is 4.74 Å². The molecule has 130 valence electrons. The standard InChI is InChI=1S/C19H25NO3S/c1-5-11-20-18(21)16(17(19(20)22)24-13(3)4)14-7-9-15(10-8-14)23-12-6-2/h7-10,13H,5-6,11-12H2,1-4H3. The lowest BCUT2D eigenvalue weighted by molar-refractivity contribution is -0.136. The maximum atomic E-state index is 12.8. The number of amides is 2. The summed E-state index contributed by atoms with van der Waals surface area (Å²) in [6.45, 7) is 9.20. The fourth-order valence-corrected chi connectivity index (χ4v) is 3.52. The number of benzene rings is 1. The minimum atomic E-state index is -0.188. The van der Waals surface area contributed by atoms with Gasteiger partial charge in [-0.2, -0.15) is 0 Å². The van der Waals surface area contributed by atoms with Crippen LogP contribution in [0.25, 0.3) is 5.57 Å². The number of imide groups is 1. The fraction of sp³-hybridized carbons (Fsp3) is 0.474. The summed E-state index contributed by atoms with van der Waals surface area (Å²) in [4.78, 5) is 27.3. The molecule has 1 aromatic rings. The van der Waals surface area contributed by atoms with E-state index in [0.29, 0.717) is 23.6 Å². The second-order valence-corrected chi connectivity index (χ2v) is 7.59. The van der Waals surface area contributed by atoms with Gasteiger partial charge in [-0.05, 0) is 30.5 Å². The van der Waals surface area contributed by atoms with Crippen molar-refractivity contribution >= 4 is 29.1 Å². The molecule has 5 heteroatoms. The molecule has 1 aromatic carbocycles. The van der Waals surface area contributed by atoms with E-state index in [0.717, 1.165) is 24.2 Å². The molecule has 0 saturated carbocycles. The third-order valence-corrected chi connectivity index (χ3v) is 4.63. The van der Waals surface area contributed by atoms with Gasteiger partial charge in [-0.15, -0.1) is 11.8 Å². The smallest absolute Gasteiger partial charge is 0.267 e. The lowest BCUT2D eigenvalue weighted by atomic mass is 10.1. The van der Waals surface area contributed by atoms with E-state index in [4.69, 9.17) is 4.74 Å². The van der Waals surface area contributed by atoms with E-state index in [1.165, 1.54) is 16.7 Å². The van der Waals surface area contributed by atoms with Crippen LogP contribution in [0.5, 0.6) is 5.75 Å². The highest BCUT2D eigenvalue weighted by molar-refractivity contribution is 8.04. The van der Waals surface area contributed by atoms with Crippen LogP contribution in [0.3, 0.4) is 0 Å². The van der Waals surface area contributed by atoms with E-state index in [2.05, 4.69) is 6.92 Å². The molecule has 24 heavy (non-hydrogen) atoms. The molecule has 1 aliphatic rings. The van der Waals surface area contributed by atoms with Crippen LogP contribution in [0.15, 0.2) is 29.2 Å². The average molecular weight is 347 g/mol. The van der Waals surface area contributed by atoms with Crippen molar-refractivity contribution in [2.24, 2.45) is 0 Å². The molecule has 4 nitrogen and oxygen atoms in total. The average Bonchev–Trinajstić information content (AvgIpc) is 2.78. The van der Waals surface area contributed by atoms with Crippen molar-refractivity contribution < 1.29 is 14.3 Å². The van der Waals surface area contributed by atoms with Gasteiger partial charge in [0.25, 0.3) is 11.8 Å². The number of carbonyl (C=O) groups is 2. The van der Waals surface area contributed by atoms with Gasteiger partial charge in [0, 0.05) is 11.8 Å². The van der Waals surface area contributed by atoms with Gasteiger partial charge >= 0.3 is 0 Å². The summed E-state index contributed by atoms with van der Waals surface area (Å²) in [5.74, 6) is 0.426. The predicted octanol–water partition coefficient (Wildman–Crippen LogP) is 4.11. The second-order valence-electron chi connectivity index (χ2n) is 6.01. The molecule has 0 saturated heterocycles. The maximum absolute atomic E-state index is 12.8. The van der Waals surface area contributed by atoms with Crippen LogP contribution in [0.2, 0.25) is 0 Å². The highest BCUT2D eigenvalue weighted by Crippen LogP contribution is 2.38. The minimum absolute atomic E-state index is 0.165. The zero-order valence-electron chi connectivity index (χ0n) is 14.8. The van der Waals surface area contributed by atoms with E-state index < -0.39 is 0 Å². The van der Waals surface area contributed by atoms with Gasteiger partial charge in [-0.1, -0.05) is 39.8 Å². The summed E-state index contributed by atoms with van der Waals surface area (Å²) in [6, 6.07) is 7.44. The first-order chi connectivity index (χ1) is 11.5. The summed E-state index contributed by atoms with van der Waals surface area (Å²) in [7, 11) is 0. The monoisotopic (exact) mass is 347 g/mol. The molecule has 0 radical (unpaired) electrons. The molecule has 0 bridgehead atoms. The van der Waals surface area contributed by atoms with Crippen LogP contribution in [0.4, 0.5) is 0 Å². The first-order valence-electron chi connectivity index (χ1n) is 8.49. The Labute approximate surface area is 148 Å². The Morgan fingerprint density at radius 3 is 2.25 bits per heavy atom. The number of hydrogen-bond acceptors (Lipinski definition) is 4. The Morgan fingerprint density at radius 2 is 1.71 bits per heavy atom. The van der Waals surface area contributed by atoms with Crippen molar-refractivity contribution in [3.8, 4) is 5.75 Å². The molecule has 0 N–H and O–H groups in total.